The first-order chi connectivity index (χ1) is 22.2. The number of hydrogen-bond acceptors (Lipinski definition) is 8. The van der Waals surface area contributed by atoms with Crippen molar-refractivity contribution in [3.63, 3.8) is 0 Å². The minimum Gasteiger partial charge on any atom is -0.508 e. The Kier molecular flexibility index (Phi) is 8.85. The third-order valence-electron chi connectivity index (χ3n) is 8.43. The average Bonchev–Trinajstić information content (AvgIpc) is 3.44. The fourth-order valence-corrected chi connectivity index (χ4v) is 6.20. The molecule has 0 aliphatic carbocycles. The number of fused-ring (bicyclic) bond motifs is 1. The Morgan fingerprint density at radius 1 is 0.935 bits per heavy atom. The van der Waals surface area contributed by atoms with Gasteiger partial charge in [-0.2, -0.15) is 0 Å². The van der Waals surface area contributed by atoms with Crippen molar-refractivity contribution in [2.45, 2.75) is 31.8 Å². The monoisotopic (exact) mass is 644 g/mol. The lowest BCUT2D eigenvalue weighted by molar-refractivity contribution is -0.133. The number of aromatic hydroxyl groups is 2. The van der Waals surface area contributed by atoms with Crippen LogP contribution in [-0.2, 0) is 22.6 Å². The predicted octanol–water partition coefficient (Wildman–Crippen LogP) is 3.67. The van der Waals surface area contributed by atoms with Crippen LogP contribution < -0.4 is 15.6 Å². The number of piperazine rings is 1. The molecule has 0 bridgehead atoms. The number of hydrogen-bond donors (Lipinski definition) is 3. The van der Waals surface area contributed by atoms with Crippen LogP contribution in [-0.4, -0.2) is 76.5 Å². The van der Waals surface area contributed by atoms with Gasteiger partial charge in [-0.1, -0.05) is 41.9 Å². The molecule has 238 valence electrons. The normalized spacial score (nSPS) is 15.8. The van der Waals surface area contributed by atoms with Crippen LogP contribution in [0.15, 0.2) is 75.9 Å². The number of carbonyl (C=O) groups is 3. The van der Waals surface area contributed by atoms with E-state index < -0.39 is 23.1 Å². The highest BCUT2D eigenvalue weighted by molar-refractivity contribution is 6.30. The Hall–Kier alpha value is -5.03. The molecule has 2 aliphatic heterocycles. The number of anilines is 1. The Bertz CT molecular complexity index is 1850. The minimum atomic E-state index is -0.993. The zero-order chi connectivity index (χ0) is 32.4. The summed E-state index contributed by atoms with van der Waals surface area (Å²) in [5.41, 5.74) is 2.02. The van der Waals surface area contributed by atoms with Gasteiger partial charge in [0.05, 0.1) is 0 Å². The van der Waals surface area contributed by atoms with E-state index in [0.717, 1.165) is 48.0 Å². The van der Waals surface area contributed by atoms with Crippen molar-refractivity contribution >= 4 is 46.0 Å². The number of rotatable bonds is 8. The Balaban J connectivity index is 1.19. The molecule has 1 atom stereocenters. The minimum absolute atomic E-state index is 0.161. The van der Waals surface area contributed by atoms with Crippen molar-refractivity contribution in [2.24, 2.45) is 0 Å². The number of phenolic OH excluding ortho intramolecular Hbond substituents is 2. The third kappa shape index (κ3) is 6.64. The van der Waals surface area contributed by atoms with E-state index in [2.05, 4.69) is 10.2 Å². The van der Waals surface area contributed by atoms with Crippen LogP contribution in [0.3, 0.4) is 0 Å². The largest absolute Gasteiger partial charge is 0.508 e. The number of carbonyl (C=O) groups excluding carboxylic acids is 3. The van der Waals surface area contributed by atoms with E-state index in [1.165, 1.54) is 0 Å². The Labute approximate surface area is 269 Å². The second-order valence-corrected chi connectivity index (χ2v) is 12.0. The molecule has 2 fully saturated rings. The average molecular weight is 645 g/mol. The summed E-state index contributed by atoms with van der Waals surface area (Å²) in [6.07, 6.45) is 1.61. The lowest BCUT2D eigenvalue weighted by Crippen LogP contribution is -2.55. The summed E-state index contributed by atoms with van der Waals surface area (Å²) in [6.45, 7) is 3.24. The summed E-state index contributed by atoms with van der Waals surface area (Å²) < 4.78 is 5.58. The van der Waals surface area contributed by atoms with Crippen LogP contribution in [0.5, 0.6) is 11.5 Å². The highest BCUT2D eigenvalue weighted by Gasteiger charge is 2.31. The molecule has 12 heteroatoms. The van der Waals surface area contributed by atoms with Crippen molar-refractivity contribution in [1.29, 1.82) is 0 Å². The van der Waals surface area contributed by atoms with Gasteiger partial charge >= 0.3 is 0 Å². The van der Waals surface area contributed by atoms with Gasteiger partial charge in [0.15, 0.2) is 11.2 Å². The summed E-state index contributed by atoms with van der Waals surface area (Å²) >= 11 is 6.06. The first kappa shape index (κ1) is 31.0. The molecule has 0 spiro atoms. The highest BCUT2D eigenvalue weighted by Crippen LogP contribution is 2.28. The first-order valence-electron chi connectivity index (χ1n) is 15.1. The SMILES string of the molecule is O=C(N[C@@H](Cc1ccc(Cl)cc1)C(=O)N1CCN(c2ccccc2CN2CCCC2=O)CC1)c1cc(=O)c2c(O)cc(O)cc2o1. The number of phenols is 2. The van der Waals surface area contributed by atoms with E-state index in [9.17, 15) is 29.4 Å². The number of likely N-dealkylation sites (tertiary alicyclic amines) is 1. The standard InChI is InChI=1S/C34H33ClN4O7/c35-23-9-7-21(8-10-23)16-25(36-33(44)30-19-28(42)32-27(41)17-24(40)18-29(32)46-30)34(45)38-14-12-37(13-15-38)26-5-2-1-4-22(26)20-39-11-3-6-31(39)43/h1-2,4-5,7-10,17-19,25,40-41H,3,6,11-16,20H2,(H,36,44)/t25-/m0/s1. The fraction of sp³-hybridized carbons (Fsp3) is 0.294. The highest BCUT2D eigenvalue weighted by atomic mass is 35.5. The van der Waals surface area contributed by atoms with Gasteiger partial charge in [0.25, 0.3) is 5.91 Å². The molecular formula is C34H33ClN4O7. The van der Waals surface area contributed by atoms with E-state index in [0.29, 0.717) is 44.2 Å². The molecule has 6 rings (SSSR count). The molecule has 2 saturated heterocycles. The summed E-state index contributed by atoms with van der Waals surface area (Å²) in [4.78, 5) is 58.1. The fourth-order valence-electron chi connectivity index (χ4n) is 6.07. The maximum Gasteiger partial charge on any atom is 0.287 e. The number of halogens is 1. The van der Waals surface area contributed by atoms with Crippen molar-refractivity contribution < 1.29 is 29.0 Å². The number of benzene rings is 3. The molecule has 0 radical (unpaired) electrons. The van der Waals surface area contributed by atoms with Crippen LogP contribution >= 0.6 is 11.6 Å². The topological polar surface area (TPSA) is 144 Å². The Morgan fingerprint density at radius 3 is 2.39 bits per heavy atom. The van der Waals surface area contributed by atoms with Gasteiger partial charge in [-0.05, 0) is 35.7 Å². The second kappa shape index (κ2) is 13.1. The van der Waals surface area contributed by atoms with E-state index in [4.69, 9.17) is 16.0 Å². The van der Waals surface area contributed by atoms with Crippen LogP contribution in [0.25, 0.3) is 11.0 Å². The summed E-state index contributed by atoms with van der Waals surface area (Å²) in [7, 11) is 0. The molecule has 2 aliphatic rings. The van der Waals surface area contributed by atoms with Crippen molar-refractivity contribution in [1.82, 2.24) is 15.1 Å². The van der Waals surface area contributed by atoms with Crippen molar-refractivity contribution in [2.75, 3.05) is 37.6 Å². The van der Waals surface area contributed by atoms with Gasteiger partial charge in [0.1, 0.15) is 28.5 Å². The molecule has 3 amide bonds. The maximum atomic E-state index is 13.9. The molecule has 0 unspecified atom stereocenters. The van der Waals surface area contributed by atoms with Gasteiger partial charge < -0.3 is 34.6 Å². The number of amides is 3. The van der Waals surface area contributed by atoms with Gasteiger partial charge in [0.2, 0.25) is 11.8 Å². The molecule has 3 aromatic carbocycles. The van der Waals surface area contributed by atoms with Gasteiger partial charge in [-0.25, -0.2) is 0 Å². The summed E-state index contributed by atoms with van der Waals surface area (Å²) in [5, 5.41) is 23.0. The van der Waals surface area contributed by atoms with E-state index in [1.807, 2.05) is 29.2 Å². The van der Waals surface area contributed by atoms with Crippen LogP contribution in [0, 0.1) is 0 Å². The molecule has 0 saturated carbocycles. The number of nitrogens with zero attached hydrogens (tertiary/aromatic N) is 3. The van der Waals surface area contributed by atoms with E-state index in [1.54, 1.807) is 29.2 Å². The predicted molar refractivity (Wildman–Crippen MR) is 172 cm³/mol. The summed E-state index contributed by atoms with van der Waals surface area (Å²) in [6, 6.07) is 17.0. The lowest BCUT2D eigenvalue weighted by Gasteiger charge is -2.38. The van der Waals surface area contributed by atoms with Crippen molar-refractivity contribution in [3.05, 3.63) is 98.9 Å². The number of nitrogens with one attached hydrogen (secondary N) is 1. The quantitative estimate of drug-likeness (QED) is 0.264. The second-order valence-electron chi connectivity index (χ2n) is 11.5. The number of para-hydroxylation sites is 1. The van der Waals surface area contributed by atoms with E-state index in [-0.39, 0.29) is 40.7 Å². The van der Waals surface area contributed by atoms with Crippen LogP contribution in [0.1, 0.15) is 34.5 Å². The molecule has 3 N–H and O–H groups in total. The van der Waals surface area contributed by atoms with E-state index >= 15 is 0 Å². The zero-order valence-electron chi connectivity index (χ0n) is 24.9. The maximum absolute atomic E-state index is 13.9. The van der Waals surface area contributed by atoms with Crippen LogP contribution in [0.2, 0.25) is 5.02 Å². The summed E-state index contributed by atoms with van der Waals surface area (Å²) in [5.74, 6) is -2.10. The zero-order valence-corrected chi connectivity index (χ0v) is 25.7. The smallest absolute Gasteiger partial charge is 0.287 e. The third-order valence-corrected chi connectivity index (χ3v) is 8.68. The van der Waals surface area contributed by atoms with Gasteiger partial charge in [-0.15, -0.1) is 0 Å². The molecule has 46 heavy (non-hydrogen) atoms. The molecule has 4 aromatic rings. The molecule has 1 aromatic heterocycles. The molecule has 3 heterocycles. The molecule has 11 nitrogen and oxygen atoms in total. The lowest BCUT2D eigenvalue weighted by atomic mass is 10.0. The van der Waals surface area contributed by atoms with Gasteiger partial charge in [0, 0.05) is 81.0 Å². The van der Waals surface area contributed by atoms with Crippen LogP contribution in [0.4, 0.5) is 5.69 Å². The first-order valence-corrected chi connectivity index (χ1v) is 15.5. The van der Waals surface area contributed by atoms with Crippen molar-refractivity contribution in [3.8, 4) is 11.5 Å². The van der Waals surface area contributed by atoms with Gasteiger partial charge in [-0.3, -0.25) is 19.2 Å². The molecular weight excluding hydrogens is 612 g/mol. The Morgan fingerprint density at radius 2 is 1.67 bits per heavy atom.